The van der Waals surface area contributed by atoms with Gasteiger partial charge in [0.1, 0.15) is 18.3 Å². The lowest BCUT2D eigenvalue weighted by Crippen LogP contribution is -2.69. The van der Waals surface area contributed by atoms with Crippen LogP contribution in [0.3, 0.4) is 0 Å². The predicted octanol–water partition coefficient (Wildman–Crippen LogP) is 3.73. The van der Waals surface area contributed by atoms with Crippen molar-refractivity contribution in [1.29, 1.82) is 0 Å². The number of piperidine rings is 1. The van der Waals surface area contributed by atoms with Gasteiger partial charge in [-0.3, -0.25) is 9.69 Å². The fourth-order valence-electron chi connectivity index (χ4n) is 5.35. The number of nitrogens with zero attached hydrogens (tertiary/aromatic N) is 1. The first kappa shape index (κ1) is 30.5. The average Bonchev–Trinajstić information content (AvgIpc) is 2.87. The van der Waals surface area contributed by atoms with Crippen LogP contribution in [0.1, 0.15) is 61.3 Å². The van der Waals surface area contributed by atoms with E-state index in [9.17, 15) is 15.0 Å². The van der Waals surface area contributed by atoms with E-state index in [-0.39, 0.29) is 17.6 Å². The lowest BCUT2D eigenvalue weighted by Gasteiger charge is -2.48. The van der Waals surface area contributed by atoms with E-state index in [1.165, 1.54) is 10.4 Å². The SMILES string of the molecule is CCCCN1C[C@H](OC(=O)C(C)(C)C)[C@@H](O)[C@H](O)[C@H]1CO[Si](c1ccccc1)(c1ccccc1)C(C)(C)C. The second-order valence-corrected chi connectivity index (χ2v) is 16.9. The van der Waals surface area contributed by atoms with Crippen molar-refractivity contribution in [2.45, 2.75) is 90.7 Å². The van der Waals surface area contributed by atoms with Crippen molar-refractivity contribution in [3.63, 3.8) is 0 Å². The quantitative estimate of drug-likeness (QED) is 0.372. The van der Waals surface area contributed by atoms with E-state index in [1.54, 1.807) is 20.8 Å². The second kappa shape index (κ2) is 12.4. The molecule has 2 N–H and O–H groups in total. The number of ether oxygens (including phenoxy) is 1. The van der Waals surface area contributed by atoms with Gasteiger partial charge in [0.15, 0.2) is 0 Å². The normalized spacial score (nSPS) is 23.3. The molecule has 0 bridgehead atoms. The van der Waals surface area contributed by atoms with Crippen LogP contribution in [-0.2, 0) is 14.0 Å². The molecule has 0 aliphatic carbocycles. The Kier molecular flexibility index (Phi) is 9.98. The van der Waals surface area contributed by atoms with Crippen LogP contribution >= 0.6 is 0 Å². The molecule has 0 aromatic heterocycles. The molecule has 1 aliphatic heterocycles. The van der Waals surface area contributed by atoms with Crippen LogP contribution in [0.5, 0.6) is 0 Å². The Balaban J connectivity index is 1.97. The molecule has 0 unspecified atom stereocenters. The van der Waals surface area contributed by atoms with E-state index < -0.39 is 38.1 Å². The van der Waals surface area contributed by atoms with Gasteiger partial charge in [0.2, 0.25) is 0 Å². The van der Waals surface area contributed by atoms with Crippen LogP contribution in [0.4, 0.5) is 0 Å². The fraction of sp³-hybridized carbons (Fsp3) is 0.581. The Hall–Kier alpha value is -2.03. The molecule has 4 atom stereocenters. The number of carbonyl (C=O) groups excluding carboxylic acids is 1. The Morgan fingerprint density at radius 3 is 1.89 bits per heavy atom. The number of aliphatic hydroxyl groups excluding tert-OH is 2. The minimum Gasteiger partial charge on any atom is -0.458 e. The zero-order valence-corrected chi connectivity index (χ0v) is 25.2. The molecule has 1 fully saturated rings. The number of likely N-dealkylation sites (tertiary alicyclic amines) is 1. The third-order valence-corrected chi connectivity index (χ3v) is 12.6. The summed E-state index contributed by atoms with van der Waals surface area (Å²) in [5.41, 5.74) is -0.692. The minimum absolute atomic E-state index is 0.201. The zero-order valence-electron chi connectivity index (χ0n) is 24.2. The number of benzene rings is 2. The molecule has 0 radical (unpaired) electrons. The van der Waals surface area contributed by atoms with Gasteiger partial charge in [-0.05, 0) is 49.1 Å². The molecule has 3 rings (SSSR count). The summed E-state index contributed by atoms with van der Waals surface area (Å²) in [6.45, 7) is 15.5. The van der Waals surface area contributed by atoms with E-state index in [1.807, 2.05) is 12.1 Å². The minimum atomic E-state index is -2.82. The largest absolute Gasteiger partial charge is 0.458 e. The lowest BCUT2D eigenvalue weighted by atomic mass is 9.92. The maximum Gasteiger partial charge on any atom is 0.311 e. The predicted molar refractivity (Wildman–Crippen MR) is 155 cm³/mol. The van der Waals surface area contributed by atoms with Crippen molar-refractivity contribution in [1.82, 2.24) is 4.90 Å². The third kappa shape index (κ3) is 6.57. The molecule has 0 spiro atoms. The third-order valence-electron chi connectivity index (χ3n) is 7.57. The van der Waals surface area contributed by atoms with Crippen LogP contribution < -0.4 is 10.4 Å². The van der Waals surface area contributed by atoms with E-state index in [2.05, 4.69) is 81.1 Å². The summed E-state index contributed by atoms with van der Waals surface area (Å²) in [7, 11) is -2.82. The highest BCUT2D eigenvalue weighted by molar-refractivity contribution is 6.99. The van der Waals surface area contributed by atoms with E-state index >= 15 is 0 Å². The number of esters is 1. The molecule has 0 saturated carbocycles. The molecule has 0 amide bonds. The molecule has 7 heteroatoms. The highest BCUT2D eigenvalue weighted by atomic mass is 28.4. The number of aliphatic hydroxyl groups is 2. The van der Waals surface area contributed by atoms with Crippen molar-refractivity contribution in [3.05, 3.63) is 60.7 Å². The number of hydrogen-bond donors (Lipinski definition) is 2. The van der Waals surface area contributed by atoms with Crippen LogP contribution in [0, 0.1) is 5.41 Å². The van der Waals surface area contributed by atoms with Gasteiger partial charge in [-0.2, -0.15) is 0 Å². The van der Waals surface area contributed by atoms with Crippen LogP contribution in [0.2, 0.25) is 5.04 Å². The van der Waals surface area contributed by atoms with E-state index in [4.69, 9.17) is 9.16 Å². The Morgan fingerprint density at radius 1 is 0.921 bits per heavy atom. The van der Waals surface area contributed by atoms with Gasteiger partial charge in [-0.1, -0.05) is 94.8 Å². The van der Waals surface area contributed by atoms with Gasteiger partial charge >= 0.3 is 5.97 Å². The van der Waals surface area contributed by atoms with Crippen LogP contribution in [-0.4, -0.2) is 73.4 Å². The highest BCUT2D eigenvalue weighted by Gasteiger charge is 2.52. The molecule has 6 nitrogen and oxygen atoms in total. The Morgan fingerprint density at radius 2 is 1.45 bits per heavy atom. The first-order valence-electron chi connectivity index (χ1n) is 13.9. The zero-order chi connectivity index (χ0) is 28.1. The van der Waals surface area contributed by atoms with Crippen molar-refractivity contribution in [2.75, 3.05) is 19.7 Å². The number of rotatable bonds is 9. The molecule has 210 valence electrons. The Labute approximate surface area is 230 Å². The average molecular weight is 542 g/mol. The maximum atomic E-state index is 12.6. The van der Waals surface area contributed by atoms with Crippen LogP contribution in [0.15, 0.2) is 60.7 Å². The number of carbonyl (C=O) groups is 1. The van der Waals surface area contributed by atoms with Crippen molar-refractivity contribution in [3.8, 4) is 0 Å². The van der Waals surface area contributed by atoms with E-state index in [0.29, 0.717) is 6.54 Å². The lowest BCUT2D eigenvalue weighted by molar-refractivity contribution is -0.187. The molecule has 38 heavy (non-hydrogen) atoms. The standard InChI is InChI=1S/C31H47NO5Si/c1-8-9-20-32-21-26(37-29(35)30(2,3)4)28(34)27(33)25(32)22-36-38(31(5,6)7,23-16-12-10-13-17-23)24-18-14-11-15-19-24/h10-19,25-28,33-34H,8-9,20-22H2,1-7H3/t25-,26+,27-,28-/m1/s1. The van der Waals surface area contributed by atoms with Crippen molar-refractivity contribution < 1.29 is 24.2 Å². The summed E-state index contributed by atoms with van der Waals surface area (Å²) in [6, 6.07) is 20.4. The van der Waals surface area contributed by atoms with Gasteiger partial charge in [-0.15, -0.1) is 0 Å². The topological polar surface area (TPSA) is 79.2 Å². The smallest absolute Gasteiger partial charge is 0.311 e. The first-order valence-corrected chi connectivity index (χ1v) is 15.8. The van der Waals surface area contributed by atoms with Crippen molar-refractivity contribution in [2.24, 2.45) is 5.41 Å². The van der Waals surface area contributed by atoms with E-state index in [0.717, 1.165) is 19.4 Å². The fourth-order valence-corrected chi connectivity index (χ4v) is 9.93. The summed E-state index contributed by atoms with van der Waals surface area (Å²) in [5, 5.41) is 24.6. The molecule has 1 aliphatic rings. The molecule has 2 aromatic carbocycles. The number of hydrogen-bond acceptors (Lipinski definition) is 6. The molecular formula is C31H47NO5Si. The first-order chi connectivity index (χ1) is 17.8. The molecule has 2 aromatic rings. The van der Waals surface area contributed by atoms with Crippen LogP contribution in [0.25, 0.3) is 0 Å². The van der Waals surface area contributed by atoms with Crippen molar-refractivity contribution >= 4 is 24.7 Å². The summed E-state index contributed by atoms with van der Waals surface area (Å²) >= 11 is 0. The van der Waals surface area contributed by atoms with Gasteiger partial charge in [0.25, 0.3) is 8.32 Å². The maximum absolute atomic E-state index is 12.6. The van der Waals surface area contributed by atoms with Gasteiger partial charge in [0.05, 0.1) is 18.1 Å². The second-order valence-electron chi connectivity index (χ2n) is 12.6. The summed E-state index contributed by atoms with van der Waals surface area (Å²) in [4.78, 5) is 14.8. The summed E-state index contributed by atoms with van der Waals surface area (Å²) < 4.78 is 12.8. The number of unbranched alkanes of at least 4 members (excludes halogenated alkanes) is 1. The van der Waals surface area contributed by atoms with Gasteiger partial charge in [-0.25, -0.2) is 0 Å². The molecule has 1 saturated heterocycles. The highest BCUT2D eigenvalue weighted by Crippen LogP contribution is 2.37. The monoisotopic (exact) mass is 541 g/mol. The van der Waals surface area contributed by atoms with Gasteiger partial charge < -0.3 is 19.4 Å². The molecule has 1 heterocycles. The summed E-state index contributed by atoms with van der Waals surface area (Å²) in [5.74, 6) is -0.383. The Bertz CT molecular complexity index is 979. The summed E-state index contributed by atoms with van der Waals surface area (Å²) in [6.07, 6.45) is -1.18. The molecular weight excluding hydrogens is 494 g/mol. The van der Waals surface area contributed by atoms with Gasteiger partial charge in [0, 0.05) is 6.54 Å².